The Morgan fingerprint density at radius 1 is 1.20 bits per heavy atom. The van der Waals surface area contributed by atoms with Crippen LogP contribution in [0.5, 0.6) is 0 Å². The van der Waals surface area contributed by atoms with Gasteiger partial charge < -0.3 is 10.2 Å². The van der Waals surface area contributed by atoms with E-state index < -0.39 is 4.92 Å². The van der Waals surface area contributed by atoms with Crippen LogP contribution in [0.1, 0.15) is 18.4 Å². The number of nitrogens with one attached hydrogen (secondary N) is 1. The minimum absolute atomic E-state index is 0.0375. The van der Waals surface area contributed by atoms with Crippen molar-refractivity contribution < 1.29 is 14.1 Å². The van der Waals surface area contributed by atoms with Gasteiger partial charge in [-0.15, -0.1) is 0 Å². The quantitative estimate of drug-likeness (QED) is 0.451. The summed E-state index contributed by atoms with van der Waals surface area (Å²) in [6.45, 7) is 0.804. The van der Waals surface area contributed by atoms with Crippen molar-refractivity contribution in [3.05, 3.63) is 70.0 Å². The molecule has 7 heteroatoms. The first-order valence-electron chi connectivity index (χ1n) is 7.93. The first-order chi connectivity index (χ1) is 12.0. The zero-order valence-electron chi connectivity index (χ0n) is 13.9. The predicted molar refractivity (Wildman–Crippen MR) is 93.7 cm³/mol. The van der Waals surface area contributed by atoms with Gasteiger partial charge >= 0.3 is 0 Å². The second kappa shape index (κ2) is 8.77. The molecule has 25 heavy (non-hydrogen) atoms. The summed E-state index contributed by atoms with van der Waals surface area (Å²) >= 11 is 0. The van der Waals surface area contributed by atoms with E-state index in [9.17, 15) is 19.3 Å². The fourth-order valence-corrected chi connectivity index (χ4v) is 2.33. The fraction of sp³-hybridized carbons (Fsp3) is 0.278. The Balaban J connectivity index is 1.72. The summed E-state index contributed by atoms with van der Waals surface area (Å²) < 4.78 is 13.6. The molecule has 132 valence electrons. The lowest BCUT2D eigenvalue weighted by atomic mass is 10.2. The lowest BCUT2D eigenvalue weighted by Gasteiger charge is -2.17. The number of non-ortho nitro benzene ring substituents is 1. The first-order valence-corrected chi connectivity index (χ1v) is 7.93. The van der Waals surface area contributed by atoms with Crippen LogP contribution in [0.3, 0.4) is 0 Å². The average Bonchev–Trinajstić information content (AvgIpc) is 2.60. The first kappa shape index (κ1) is 18.4. The Morgan fingerprint density at radius 3 is 2.52 bits per heavy atom. The highest BCUT2D eigenvalue weighted by Gasteiger charge is 2.11. The maximum atomic E-state index is 13.6. The lowest BCUT2D eigenvalue weighted by molar-refractivity contribution is -0.384. The van der Waals surface area contributed by atoms with Gasteiger partial charge in [0.2, 0.25) is 5.91 Å². The predicted octanol–water partition coefficient (Wildman–Crippen LogP) is 3.58. The van der Waals surface area contributed by atoms with Gasteiger partial charge in [-0.3, -0.25) is 14.9 Å². The molecule has 0 aliphatic carbocycles. The summed E-state index contributed by atoms with van der Waals surface area (Å²) in [6.07, 6.45) is 0.947. The molecule has 0 fully saturated rings. The Bertz CT molecular complexity index is 735. The molecule has 0 spiro atoms. The number of hydrogen-bond donors (Lipinski definition) is 1. The van der Waals surface area contributed by atoms with E-state index in [2.05, 4.69) is 5.32 Å². The molecule has 0 aliphatic heterocycles. The number of hydrogen-bond acceptors (Lipinski definition) is 4. The van der Waals surface area contributed by atoms with E-state index in [1.807, 2.05) is 0 Å². The van der Waals surface area contributed by atoms with Gasteiger partial charge in [0.15, 0.2) is 0 Å². The molecular formula is C18H20FN3O3. The van der Waals surface area contributed by atoms with Crippen molar-refractivity contribution in [3.8, 4) is 0 Å². The minimum Gasteiger partial charge on any atom is -0.385 e. The zero-order chi connectivity index (χ0) is 18.2. The average molecular weight is 345 g/mol. The molecule has 0 atom stereocenters. The third-order valence-corrected chi connectivity index (χ3v) is 3.77. The van der Waals surface area contributed by atoms with Gasteiger partial charge in [-0.2, -0.15) is 0 Å². The third-order valence-electron chi connectivity index (χ3n) is 3.77. The van der Waals surface area contributed by atoms with E-state index in [1.165, 1.54) is 23.1 Å². The minimum atomic E-state index is -0.451. The van der Waals surface area contributed by atoms with Gasteiger partial charge in [0.1, 0.15) is 5.82 Å². The highest BCUT2D eigenvalue weighted by molar-refractivity contribution is 5.75. The number of halogens is 1. The summed E-state index contributed by atoms with van der Waals surface area (Å²) in [7, 11) is 1.65. The number of carbonyl (C=O) groups is 1. The maximum absolute atomic E-state index is 13.6. The van der Waals surface area contributed by atoms with Crippen molar-refractivity contribution >= 4 is 17.3 Å². The van der Waals surface area contributed by atoms with Crippen LogP contribution in [0.2, 0.25) is 0 Å². The monoisotopic (exact) mass is 345 g/mol. The topological polar surface area (TPSA) is 75.5 Å². The molecule has 2 aromatic carbocycles. The highest BCUT2D eigenvalue weighted by Crippen LogP contribution is 2.15. The molecular weight excluding hydrogens is 325 g/mol. The number of rotatable bonds is 8. The molecule has 0 aromatic heterocycles. The van der Waals surface area contributed by atoms with Crippen LogP contribution in [0, 0.1) is 15.9 Å². The summed E-state index contributed by atoms with van der Waals surface area (Å²) in [6, 6.07) is 12.5. The fourth-order valence-electron chi connectivity index (χ4n) is 2.33. The molecule has 1 amide bonds. The van der Waals surface area contributed by atoms with E-state index in [1.54, 1.807) is 37.4 Å². The van der Waals surface area contributed by atoms with E-state index in [0.29, 0.717) is 24.9 Å². The molecule has 0 aliphatic rings. The van der Waals surface area contributed by atoms with Crippen molar-refractivity contribution in [2.75, 3.05) is 18.9 Å². The smallest absolute Gasteiger partial charge is 0.269 e. The molecule has 2 aromatic rings. The normalized spacial score (nSPS) is 10.3. The molecule has 0 unspecified atom stereocenters. The second-order valence-electron chi connectivity index (χ2n) is 5.68. The maximum Gasteiger partial charge on any atom is 0.269 e. The zero-order valence-corrected chi connectivity index (χ0v) is 13.9. The van der Waals surface area contributed by atoms with E-state index in [4.69, 9.17) is 0 Å². The van der Waals surface area contributed by atoms with Crippen LogP contribution in [0.4, 0.5) is 15.8 Å². The van der Waals surface area contributed by atoms with Crippen molar-refractivity contribution in [1.29, 1.82) is 0 Å². The van der Waals surface area contributed by atoms with Crippen molar-refractivity contribution in [3.63, 3.8) is 0 Å². The Hall–Kier alpha value is -2.96. The second-order valence-corrected chi connectivity index (χ2v) is 5.68. The van der Waals surface area contributed by atoms with Gasteiger partial charge in [0.25, 0.3) is 5.69 Å². The number of anilines is 1. The molecule has 0 saturated heterocycles. The van der Waals surface area contributed by atoms with Crippen LogP contribution in [0.25, 0.3) is 0 Å². The number of nitro benzene ring substituents is 1. The molecule has 0 heterocycles. The van der Waals surface area contributed by atoms with Crippen LogP contribution in [0.15, 0.2) is 48.5 Å². The Morgan fingerprint density at radius 2 is 1.88 bits per heavy atom. The van der Waals surface area contributed by atoms with Crippen LogP contribution in [-0.4, -0.2) is 29.3 Å². The Kier molecular flexibility index (Phi) is 6.45. The molecule has 1 N–H and O–H groups in total. The molecule has 2 rings (SSSR count). The van der Waals surface area contributed by atoms with Crippen molar-refractivity contribution in [1.82, 2.24) is 4.90 Å². The molecule has 0 radical (unpaired) electrons. The Labute approximate surface area is 145 Å². The number of nitrogens with zero attached hydrogens (tertiary/aromatic N) is 2. The van der Waals surface area contributed by atoms with Gasteiger partial charge in [-0.1, -0.05) is 18.2 Å². The van der Waals surface area contributed by atoms with Crippen molar-refractivity contribution in [2.24, 2.45) is 0 Å². The summed E-state index contributed by atoms with van der Waals surface area (Å²) in [5.74, 6) is -0.379. The molecule has 0 bridgehead atoms. The van der Waals surface area contributed by atoms with E-state index >= 15 is 0 Å². The van der Waals surface area contributed by atoms with Crippen molar-refractivity contribution in [2.45, 2.75) is 19.4 Å². The number of amides is 1. The highest BCUT2D eigenvalue weighted by atomic mass is 19.1. The van der Waals surface area contributed by atoms with Crippen LogP contribution < -0.4 is 5.32 Å². The van der Waals surface area contributed by atoms with Crippen LogP contribution >= 0.6 is 0 Å². The standard InChI is InChI=1S/C18H20FN3O3/c1-21(13-14-5-2-3-6-17(14)19)18(23)7-4-12-20-15-8-10-16(11-9-15)22(24)25/h2-3,5-6,8-11,20H,4,7,12-13H2,1H3. The largest absolute Gasteiger partial charge is 0.385 e. The number of nitro groups is 1. The third kappa shape index (κ3) is 5.56. The molecule has 0 saturated carbocycles. The van der Waals surface area contributed by atoms with Crippen LogP contribution in [-0.2, 0) is 11.3 Å². The SMILES string of the molecule is CN(Cc1ccccc1F)C(=O)CCCNc1ccc([N+](=O)[O-])cc1. The number of carbonyl (C=O) groups excluding carboxylic acids is 1. The summed E-state index contributed by atoms with van der Waals surface area (Å²) in [5.41, 5.74) is 1.29. The van der Waals surface area contributed by atoms with Gasteiger partial charge in [0.05, 0.1) is 4.92 Å². The van der Waals surface area contributed by atoms with Gasteiger partial charge in [0, 0.05) is 49.9 Å². The van der Waals surface area contributed by atoms with Gasteiger partial charge in [-0.25, -0.2) is 4.39 Å². The molecule has 6 nitrogen and oxygen atoms in total. The summed E-state index contributed by atoms with van der Waals surface area (Å²) in [4.78, 5) is 23.7. The van der Waals surface area contributed by atoms with Gasteiger partial charge in [-0.05, 0) is 24.6 Å². The number of benzene rings is 2. The van der Waals surface area contributed by atoms with E-state index in [0.717, 1.165) is 5.69 Å². The van der Waals surface area contributed by atoms with E-state index in [-0.39, 0.29) is 24.0 Å². The lowest BCUT2D eigenvalue weighted by Crippen LogP contribution is -2.26. The summed E-state index contributed by atoms with van der Waals surface area (Å²) in [5, 5.41) is 13.7.